The Morgan fingerprint density at radius 3 is 1.00 bits per heavy atom. The molecule has 11 heteroatoms. The Balaban J connectivity index is 0.000000121. The van der Waals surface area contributed by atoms with Crippen molar-refractivity contribution in [3.8, 4) is 78.2 Å². The zero-order valence-corrected chi connectivity index (χ0v) is 53.2. The molecule has 450 valence electrons. The Morgan fingerprint density at radius 1 is 0.283 bits per heavy atom. The molecule has 0 aliphatic rings. The van der Waals surface area contributed by atoms with E-state index >= 15 is 0 Å². The van der Waals surface area contributed by atoms with Crippen molar-refractivity contribution in [1.82, 2.24) is 24.9 Å². The fourth-order valence-electron chi connectivity index (χ4n) is 10.9. The van der Waals surface area contributed by atoms with Crippen molar-refractivity contribution in [2.75, 3.05) is 0 Å². The van der Waals surface area contributed by atoms with E-state index in [1.807, 2.05) is 127 Å². The van der Waals surface area contributed by atoms with Gasteiger partial charge in [-0.05, 0) is 190 Å². The predicted molar refractivity (Wildman–Crippen MR) is 375 cm³/mol. The van der Waals surface area contributed by atoms with E-state index in [0.29, 0.717) is 29.5 Å². The van der Waals surface area contributed by atoms with Gasteiger partial charge in [-0.25, -0.2) is 24.9 Å². The Hall–Kier alpha value is -11.0. The first-order chi connectivity index (χ1) is 44.5. The van der Waals surface area contributed by atoms with Gasteiger partial charge in [-0.15, -0.1) is 11.3 Å². The van der Waals surface area contributed by atoms with Gasteiger partial charge in [0.25, 0.3) is 0 Å². The molecular formula is C81H65N5O5S. The maximum atomic E-state index is 6.03. The monoisotopic (exact) mass is 1220 g/mol. The van der Waals surface area contributed by atoms with Crippen molar-refractivity contribution in [2.24, 2.45) is 0 Å². The molecule has 0 saturated carbocycles. The van der Waals surface area contributed by atoms with Crippen LogP contribution in [0.25, 0.3) is 146 Å². The van der Waals surface area contributed by atoms with E-state index in [9.17, 15) is 0 Å². The van der Waals surface area contributed by atoms with Crippen LogP contribution in [-0.4, -0.2) is 24.9 Å². The molecule has 0 atom stereocenters. The molecule has 16 rings (SSSR count). The van der Waals surface area contributed by atoms with Crippen LogP contribution in [0.1, 0.15) is 74.9 Å². The molecule has 10 aromatic carbocycles. The first-order valence-electron chi connectivity index (χ1n) is 30.7. The van der Waals surface area contributed by atoms with Gasteiger partial charge in [-0.3, -0.25) is 0 Å². The summed E-state index contributed by atoms with van der Waals surface area (Å²) in [4.78, 5) is 25.3. The molecule has 0 aliphatic heterocycles. The quantitative estimate of drug-likeness (QED) is 0.129. The molecule has 10 nitrogen and oxygen atoms in total. The molecule has 0 fully saturated rings. The van der Waals surface area contributed by atoms with Crippen LogP contribution in [0.2, 0.25) is 0 Å². The summed E-state index contributed by atoms with van der Waals surface area (Å²) in [5, 5.41) is 0. The first-order valence-corrected chi connectivity index (χ1v) is 31.5. The Morgan fingerprint density at radius 2 is 0.587 bits per heavy atom. The standard InChI is InChI=1S/C30H22N2O2.C26H26N2O2S.C25H17NO/c1-19-3-15-27-25(17-19)31-29(33-27)23-11-7-21(8-12-23)5-6-22-9-13-24(14-10-22)30-32-26-18-20(2)4-16-28(26)34-30;1-25(2,3)15-7-9-19-17(13-15)27-23(29-19)21-11-12-22(31-21)24-28-18-14-16(26(4,5)6)8-10-20(18)30-24;1-3-7-18(8-4-1)20-11-13-21(14-12-20)25-26-23-17-22(15-16-24(23)27-25)19-9-5-2-6-10-19/h3-18H,1-2H3;7-14H,1-6H3;1-17H/b6-5+;;. The lowest BCUT2D eigenvalue weighted by molar-refractivity contribution is 0.589. The van der Waals surface area contributed by atoms with Crippen LogP contribution in [0, 0.1) is 13.8 Å². The molecule has 0 unspecified atom stereocenters. The topological polar surface area (TPSA) is 130 Å². The molecule has 6 aromatic heterocycles. The van der Waals surface area contributed by atoms with Gasteiger partial charge in [0, 0.05) is 16.7 Å². The van der Waals surface area contributed by atoms with E-state index in [0.717, 1.165) is 98.6 Å². The SMILES string of the molecule is CC(C)(C)c1ccc2oc(-c3ccc(-c4nc5cc(C(C)(C)C)ccc5o4)s3)nc2c1.Cc1ccc2oc(-c3ccc(/C=C/c4ccc(-c5nc6cc(C)ccc6o5)cc4)cc3)nc2c1.c1ccc(-c2ccc(-c3nc4cc(-c5ccccc5)ccc4o3)cc2)cc1. The molecule has 0 bridgehead atoms. The van der Waals surface area contributed by atoms with Crippen LogP contribution < -0.4 is 0 Å². The van der Waals surface area contributed by atoms with Crippen LogP contribution in [-0.2, 0) is 10.8 Å². The number of oxazole rings is 5. The van der Waals surface area contributed by atoms with Gasteiger partial charge in [0.2, 0.25) is 29.5 Å². The van der Waals surface area contributed by atoms with Crippen molar-refractivity contribution in [2.45, 2.75) is 66.2 Å². The number of hydrogen-bond acceptors (Lipinski definition) is 11. The summed E-state index contributed by atoms with van der Waals surface area (Å²) in [5.74, 6) is 3.18. The summed E-state index contributed by atoms with van der Waals surface area (Å²) in [7, 11) is 0. The Labute approximate surface area is 537 Å². The zero-order valence-electron chi connectivity index (χ0n) is 52.4. The van der Waals surface area contributed by atoms with E-state index in [1.165, 1.54) is 38.9 Å². The molecule has 0 N–H and O–H groups in total. The molecule has 0 aliphatic carbocycles. The number of fused-ring (bicyclic) bond motifs is 5. The van der Waals surface area contributed by atoms with Crippen molar-refractivity contribution < 1.29 is 22.1 Å². The van der Waals surface area contributed by atoms with Crippen molar-refractivity contribution in [3.63, 3.8) is 0 Å². The highest BCUT2D eigenvalue weighted by Crippen LogP contribution is 2.39. The molecule has 0 amide bonds. The molecule has 0 radical (unpaired) electrons. The second-order valence-electron chi connectivity index (χ2n) is 25.1. The lowest BCUT2D eigenvalue weighted by Crippen LogP contribution is -2.10. The number of aromatic nitrogens is 5. The fourth-order valence-corrected chi connectivity index (χ4v) is 11.7. The average Bonchev–Trinajstić information content (AvgIpc) is 1.74. The zero-order chi connectivity index (χ0) is 63.1. The minimum absolute atomic E-state index is 0.0726. The molecule has 16 aromatic rings. The normalized spacial score (nSPS) is 11.9. The Kier molecular flexibility index (Phi) is 15.6. The van der Waals surface area contributed by atoms with Gasteiger partial charge < -0.3 is 22.1 Å². The molecular weight excluding hydrogens is 1150 g/mol. The van der Waals surface area contributed by atoms with Crippen LogP contribution in [0.5, 0.6) is 0 Å². The van der Waals surface area contributed by atoms with E-state index in [1.54, 1.807) is 11.3 Å². The average molecular weight is 1220 g/mol. The van der Waals surface area contributed by atoms with E-state index < -0.39 is 0 Å². The largest absolute Gasteiger partial charge is 0.436 e. The summed E-state index contributed by atoms with van der Waals surface area (Å²) in [6.45, 7) is 17.3. The number of thiophene rings is 1. The third kappa shape index (κ3) is 12.8. The van der Waals surface area contributed by atoms with Crippen molar-refractivity contribution in [1.29, 1.82) is 0 Å². The van der Waals surface area contributed by atoms with Gasteiger partial charge in [0.05, 0.1) is 9.75 Å². The van der Waals surface area contributed by atoms with Crippen molar-refractivity contribution in [3.05, 3.63) is 270 Å². The van der Waals surface area contributed by atoms with Crippen LogP contribution >= 0.6 is 11.3 Å². The lowest BCUT2D eigenvalue weighted by Gasteiger charge is -2.18. The maximum Gasteiger partial charge on any atom is 0.237 e. The maximum absolute atomic E-state index is 6.03. The van der Waals surface area contributed by atoms with E-state index in [2.05, 4.69) is 187 Å². The number of aryl methyl sites for hydroxylation is 2. The number of hydrogen-bond donors (Lipinski definition) is 0. The van der Waals surface area contributed by atoms with Gasteiger partial charge in [-0.1, -0.05) is 181 Å². The van der Waals surface area contributed by atoms with Gasteiger partial charge in [0.15, 0.2) is 27.9 Å². The minimum atomic E-state index is 0.0726. The number of benzene rings is 10. The molecule has 6 heterocycles. The van der Waals surface area contributed by atoms with Crippen LogP contribution in [0.15, 0.2) is 259 Å². The number of rotatable bonds is 9. The summed E-state index contributed by atoms with van der Waals surface area (Å²) in [6.07, 6.45) is 4.19. The van der Waals surface area contributed by atoms with Crippen LogP contribution in [0.3, 0.4) is 0 Å². The molecule has 0 saturated heterocycles. The summed E-state index contributed by atoms with van der Waals surface area (Å²) >= 11 is 1.58. The predicted octanol–water partition coefficient (Wildman–Crippen LogP) is 22.9. The van der Waals surface area contributed by atoms with Crippen LogP contribution in [0.4, 0.5) is 0 Å². The van der Waals surface area contributed by atoms with E-state index in [-0.39, 0.29) is 10.8 Å². The molecule has 0 spiro atoms. The second kappa shape index (κ2) is 24.4. The van der Waals surface area contributed by atoms with Gasteiger partial charge in [-0.2, -0.15) is 0 Å². The summed E-state index contributed by atoms with van der Waals surface area (Å²) in [6, 6.07) is 80.2. The second-order valence-corrected chi connectivity index (χ2v) is 26.2. The highest BCUT2D eigenvalue weighted by molar-refractivity contribution is 7.18. The lowest BCUT2D eigenvalue weighted by atomic mass is 9.87. The Bertz CT molecular complexity index is 5070. The third-order valence-electron chi connectivity index (χ3n) is 16.1. The van der Waals surface area contributed by atoms with Gasteiger partial charge >= 0.3 is 0 Å². The molecule has 92 heavy (non-hydrogen) atoms. The fraction of sp³-hybridized carbons (Fsp3) is 0.123. The summed E-state index contributed by atoms with van der Waals surface area (Å²) < 4.78 is 29.9. The van der Waals surface area contributed by atoms with Crippen molar-refractivity contribution >= 4 is 79.0 Å². The smallest absolute Gasteiger partial charge is 0.237 e. The number of nitrogens with zero attached hydrogens (tertiary/aromatic N) is 5. The summed E-state index contributed by atoms with van der Waals surface area (Å²) in [5.41, 5.74) is 23.2. The highest BCUT2D eigenvalue weighted by atomic mass is 32.1. The van der Waals surface area contributed by atoms with E-state index in [4.69, 9.17) is 37.0 Å². The third-order valence-corrected chi connectivity index (χ3v) is 17.2. The van der Waals surface area contributed by atoms with Gasteiger partial charge in [0.1, 0.15) is 27.6 Å². The first kappa shape index (κ1) is 58.7. The highest BCUT2D eigenvalue weighted by Gasteiger charge is 2.21. The minimum Gasteiger partial charge on any atom is -0.436 e.